The quantitative estimate of drug-likeness (QED) is 0.723. The summed E-state index contributed by atoms with van der Waals surface area (Å²) < 4.78 is 28.2. The first-order valence-electron chi connectivity index (χ1n) is 10.4. The second kappa shape index (κ2) is 8.03. The van der Waals surface area contributed by atoms with Gasteiger partial charge in [0.15, 0.2) is 5.82 Å². The third-order valence-electron chi connectivity index (χ3n) is 5.82. The van der Waals surface area contributed by atoms with Crippen molar-refractivity contribution in [1.29, 1.82) is 0 Å². The van der Waals surface area contributed by atoms with E-state index in [0.717, 1.165) is 6.42 Å². The van der Waals surface area contributed by atoms with Gasteiger partial charge in [-0.1, -0.05) is 26.8 Å². The number of pyridine rings is 1. The molecule has 30 heavy (non-hydrogen) atoms. The van der Waals surface area contributed by atoms with Crippen LogP contribution in [0.1, 0.15) is 38.8 Å². The Kier molecular flexibility index (Phi) is 5.59. The number of amides is 1. The molecule has 0 unspecified atom stereocenters. The number of nitrogens with zero attached hydrogens (tertiary/aromatic N) is 5. The van der Waals surface area contributed by atoms with E-state index in [2.05, 4.69) is 21.9 Å². The molecule has 0 aromatic carbocycles. The van der Waals surface area contributed by atoms with Crippen LogP contribution in [0.15, 0.2) is 35.5 Å². The van der Waals surface area contributed by atoms with Gasteiger partial charge < -0.3 is 4.90 Å². The Bertz CT molecular complexity index is 1030. The number of hydrogen-bond acceptors (Lipinski definition) is 6. The summed E-state index contributed by atoms with van der Waals surface area (Å²) >= 11 is 0. The fourth-order valence-electron chi connectivity index (χ4n) is 3.80. The molecule has 9 heteroatoms. The fourth-order valence-corrected chi connectivity index (χ4v) is 5.46. The number of piperazine rings is 1. The summed E-state index contributed by atoms with van der Waals surface area (Å²) in [6.07, 6.45) is 3.99. The number of carbonyl (C=O) groups excluding carboxylic acids is 1. The lowest BCUT2D eigenvalue weighted by molar-refractivity contribution is -0.134. The van der Waals surface area contributed by atoms with Crippen molar-refractivity contribution in [2.24, 2.45) is 11.8 Å². The van der Waals surface area contributed by atoms with Gasteiger partial charge in [-0.25, -0.2) is 18.4 Å². The van der Waals surface area contributed by atoms with Gasteiger partial charge >= 0.3 is 0 Å². The van der Waals surface area contributed by atoms with Gasteiger partial charge in [0.2, 0.25) is 15.9 Å². The van der Waals surface area contributed by atoms with Crippen LogP contribution in [0.4, 0.5) is 0 Å². The van der Waals surface area contributed by atoms with Crippen LogP contribution < -0.4 is 0 Å². The molecule has 2 aromatic rings. The molecular weight excluding hydrogens is 402 g/mol. The third-order valence-corrected chi connectivity index (χ3v) is 7.73. The highest BCUT2D eigenvalue weighted by molar-refractivity contribution is 7.89. The lowest BCUT2D eigenvalue weighted by atomic mass is 10.1. The summed E-state index contributed by atoms with van der Waals surface area (Å²) in [6.45, 7) is 7.32. The average Bonchev–Trinajstić information content (AvgIpc) is 3.50. The highest BCUT2D eigenvalue weighted by atomic mass is 32.2. The van der Waals surface area contributed by atoms with Gasteiger partial charge in [-0.05, 0) is 30.4 Å². The monoisotopic (exact) mass is 429 g/mol. The number of rotatable bonds is 5. The summed E-state index contributed by atoms with van der Waals surface area (Å²) in [5, 5.41) is 0. The van der Waals surface area contributed by atoms with Crippen molar-refractivity contribution in [2.75, 3.05) is 26.2 Å². The van der Waals surface area contributed by atoms with Crippen LogP contribution in [0.25, 0.3) is 11.5 Å². The number of aromatic nitrogens is 3. The van der Waals surface area contributed by atoms with Crippen LogP contribution in [0, 0.1) is 11.8 Å². The van der Waals surface area contributed by atoms with Crippen LogP contribution in [-0.2, 0) is 14.8 Å². The molecule has 4 rings (SSSR count). The molecule has 0 radical (unpaired) electrons. The molecule has 0 N–H and O–H groups in total. The minimum absolute atomic E-state index is 0.0977. The molecule has 2 fully saturated rings. The minimum Gasteiger partial charge on any atom is -0.340 e. The highest BCUT2D eigenvalue weighted by Crippen LogP contribution is 2.39. The smallest absolute Gasteiger partial charge is 0.246 e. The fraction of sp³-hybridized carbons (Fsp3) is 0.524. The van der Waals surface area contributed by atoms with E-state index in [1.54, 1.807) is 23.2 Å². The van der Waals surface area contributed by atoms with E-state index in [4.69, 9.17) is 0 Å². The van der Waals surface area contributed by atoms with Gasteiger partial charge in [0.05, 0.1) is 11.9 Å². The molecule has 2 atom stereocenters. The Morgan fingerprint density at radius 2 is 1.83 bits per heavy atom. The molecule has 2 aliphatic rings. The molecule has 1 saturated carbocycles. The topological polar surface area (TPSA) is 96.4 Å². The first-order valence-corrected chi connectivity index (χ1v) is 11.8. The van der Waals surface area contributed by atoms with Crippen molar-refractivity contribution >= 4 is 15.9 Å². The molecule has 8 nitrogen and oxygen atoms in total. The summed E-state index contributed by atoms with van der Waals surface area (Å²) in [5.74, 6) is 1.04. The Labute approximate surface area is 177 Å². The van der Waals surface area contributed by atoms with Gasteiger partial charge in [-0.2, -0.15) is 4.31 Å². The molecule has 1 amide bonds. The molecule has 0 spiro atoms. The lowest BCUT2D eigenvalue weighted by Gasteiger charge is -2.34. The van der Waals surface area contributed by atoms with Crippen molar-refractivity contribution in [3.8, 4) is 11.5 Å². The van der Waals surface area contributed by atoms with E-state index in [0.29, 0.717) is 36.2 Å². The number of carbonyl (C=O) groups is 1. The maximum absolute atomic E-state index is 13.4. The molecular formula is C21H27N5O3S. The molecule has 0 bridgehead atoms. The van der Waals surface area contributed by atoms with Crippen LogP contribution in [-0.4, -0.2) is 64.7 Å². The van der Waals surface area contributed by atoms with Crippen molar-refractivity contribution in [3.63, 3.8) is 0 Å². The van der Waals surface area contributed by atoms with Crippen LogP contribution >= 0.6 is 0 Å². The maximum Gasteiger partial charge on any atom is 0.246 e. The second-order valence-electron chi connectivity index (χ2n) is 8.36. The molecule has 1 aliphatic carbocycles. The van der Waals surface area contributed by atoms with E-state index in [-0.39, 0.29) is 35.7 Å². The number of sulfonamides is 1. The molecule has 1 aliphatic heterocycles. The van der Waals surface area contributed by atoms with Crippen LogP contribution in [0.3, 0.4) is 0 Å². The van der Waals surface area contributed by atoms with Crippen molar-refractivity contribution in [3.05, 3.63) is 36.3 Å². The van der Waals surface area contributed by atoms with E-state index in [9.17, 15) is 13.2 Å². The standard InChI is InChI=1S/C21H27N5O3S/c1-14(2)19-18(13-23-20(24-19)17-6-4-5-7-22-17)30(28,29)26-10-8-25(9-11-26)21(27)16-12-15(16)3/h4-7,13-16H,8-12H2,1-3H3/t15-,16+/m0/s1. The van der Waals surface area contributed by atoms with E-state index >= 15 is 0 Å². The predicted octanol–water partition coefficient (Wildman–Crippen LogP) is 2.15. The van der Waals surface area contributed by atoms with Crippen molar-refractivity contribution in [1.82, 2.24) is 24.2 Å². The van der Waals surface area contributed by atoms with Crippen molar-refractivity contribution in [2.45, 2.75) is 38.0 Å². The summed E-state index contributed by atoms with van der Waals surface area (Å²) in [7, 11) is -3.75. The summed E-state index contributed by atoms with van der Waals surface area (Å²) in [6, 6.07) is 5.44. The zero-order valence-electron chi connectivity index (χ0n) is 17.5. The molecule has 3 heterocycles. The molecule has 160 valence electrons. The van der Waals surface area contributed by atoms with Gasteiger partial charge in [-0.3, -0.25) is 9.78 Å². The SMILES string of the molecule is CC(C)c1nc(-c2ccccn2)ncc1S(=O)(=O)N1CCN(C(=O)[C@@H]2C[C@@H]2C)CC1. The lowest BCUT2D eigenvalue weighted by Crippen LogP contribution is -2.51. The maximum atomic E-state index is 13.4. The first-order chi connectivity index (χ1) is 14.3. The average molecular weight is 430 g/mol. The molecule has 1 saturated heterocycles. The summed E-state index contributed by atoms with van der Waals surface area (Å²) in [5.41, 5.74) is 1.08. The largest absolute Gasteiger partial charge is 0.340 e. The van der Waals surface area contributed by atoms with Gasteiger partial charge in [0.25, 0.3) is 0 Å². The Morgan fingerprint density at radius 3 is 2.40 bits per heavy atom. The number of hydrogen-bond donors (Lipinski definition) is 0. The first kappa shape index (κ1) is 20.9. The van der Waals surface area contributed by atoms with E-state index < -0.39 is 10.0 Å². The second-order valence-corrected chi connectivity index (χ2v) is 10.3. The van der Waals surface area contributed by atoms with Gasteiger partial charge in [-0.15, -0.1) is 0 Å². The zero-order valence-corrected chi connectivity index (χ0v) is 18.3. The predicted molar refractivity (Wildman–Crippen MR) is 112 cm³/mol. The van der Waals surface area contributed by atoms with Gasteiger partial charge in [0.1, 0.15) is 10.6 Å². The van der Waals surface area contributed by atoms with Crippen molar-refractivity contribution < 1.29 is 13.2 Å². The molecule has 2 aromatic heterocycles. The zero-order chi connectivity index (χ0) is 21.5. The Balaban J connectivity index is 1.56. The highest BCUT2D eigenvalue weighted by Gasteiger charge is 2.43. The van der Waals surface area contributed by atoms with E-state index in [1.165, 1.54) is 10.5 Å². The minimum atomic E-state index is -3.75. The Morgan fingerprint density at radius 1 is 1.13 bits per heavy atom. The normalized spacial score (nSPS) is 22.3. The van der Waals surface area contributed by atoms with Crippen LogP contribution in [0.2, 0.25) is 0 Å². The van der Waals surface area contributed by atoms with E-state index in [1.807, 2.05) is 19.9 Å². The summed E-state index contributed by atoms with van der Waals surface area (Å²) in [4.78, 5) is 27.5. The van der Waals surface area contributed by atoms with Gasteiger partial charge in [0, 0.05) is 38.3 Å². The Hall–Kier alpha value is -2.39. The third kappa shape index (κ3) is 3.96. The van der Waals surface area contributed by atoms with Crippen LogP contribution in [0.5, 0.6) is 0 Å².